The fraction of sp³-hybridized carbons (Fsp3) is 0.333. The van der Waals surface area contributed by atoms with E-state index in [4.69, 9.17) is 11.6 Å². The summed E-state index contributed by atoms with van der Waals surface area (Å²) in [5, 5.41) is 13.9. The number of carbonyl (C=O) groups is 2. The molecule has 1 unspecified atom stereocenters. The molecule has 1 atom stereocenters. The van der Waals surface area contributed by atoms with E-state index in [0.717, 1.165) is 0 Å². The Morgan fingerprint density at radius 2 is 2.11 bits per heavy atom. The Hall–Kier alpha value is -1.59. The summed E-state index contributed by atoms with van der Waals surface area (Å²) in [6, 6.07) is 5.79. The number of carboxylic acid groups (broad SMARTS) is 1. The molecule has 0 radical (unpaired) electrons. The molecule has 98 valence electrons. The lowest BCUT2D eigenvalue weighted by molar-refractivity contribution is -0.878. The van der Waals surface area contributed by atoms with Crippen LogP contribution in [-0.2, 0) is 9.59 Å². The minimum Gasteiger partial charge on any atom is -0.544 e. The molecule has 0 heterocycles. The molecule has 2 N–H and O–H groups in total. The maximum Gasteiger partial charge on any atom is 0.230 e. The van der Waals surface area contributed by atoms with Crippen LogP contribution in [0.15, 0.2) is 24.3 Å². The molecule has 0 saturated heterocycles. The van der Waals surface area contributed by atoms with Gasteiger partial charge in [0.25, 0.3) is 0 Å². The van der Waals surface area contributed by atoms with Crippen LogP contribution in [0.4, 0.5) is 5.69 Å². The van der Waals surface area contributed by atoms with Gasteiger partial charge < -0.3 is 20.1 Å². The minimum atomic E-state index is -1.24. The molecule has 0 bridgehead atoms. The van der Waals surface area contributed by atoms with Gasteiger partial charge in [0.15, 0.2) is 0 Å². The van der Waals surface area contributed by atoms with Gasteiger partial charge in [0.05, 0.1) is 26.5 Å². The van der Waals surface area contributed by atoms with Crippen LogP contribution < -0.4 is 15.3 Å². The predicted molar refractivity (Wildman–Crippen MR) is 66.3 cm³/mol. The van der Waals surface area contributed by atoms with Crippen LogP contribution in [0.1, 0.15) is 6.42 Å². The third-order valence-corrected chi connectivity index (χ3v) is 2.71. The van der Waals surface area contributed by atoms with Crippen LogP contribution in [0.25, 0.3) is 0 Å². The molecule has 0 spiro atoms. The highest BCUT2D eigenvalue weighted by Crippen LogP contribution is 2.14. The number of nitrogens with one attached hydrogen (secondary N) is 2. The second-order valence-electron chi connectivity index (χ2n) is 4.21. The molecular weight excluding hydrogens is 256 g/mol. The van der Waals surface area contributed by atoms with Crippen molar-refractivity contribution < 1.29 is 19.6 Å². The highest BCUT2D eigenvalue weighted by Gasteiger charge is 2.20. The summed E-state index contributed by atoms with van der Waals surface area (Å²) < 4.78 is 0. The van der Waals surface area contributed by atoms with Crippen LogP contribution in [0.2, 0.25) is 5.02 Å². The Bertz CT molecular complexity index is 449. The Kier molecular flexibility index (Phi) is 5.12. The molecule has 1 aromatic rings. The van der Waals surface area contributed by atoms with Gasteiger partial charge in [-0.1, -0.05) is 17.7 Å². The number of likely N-dealkylation sites (N-methyl/N-ethyl adjacent to an activating group) is 1. The van der Waals surface area contributed by atoms with Crippen molar-refractivity contribution in [3.63, 3.8) is 0 Å². The zero-order valence-corrected chi connectivity index (χ0v) is 11.0. The van der Waals surface area contributed by atoms with Crippen LogP contribution in [0, 0.1) is 0 Å². The number of anilines is 1. The largest absolute Gasteiger partial charge is 0.544 e. The van der Waals surface area contributed by atoms with E-state index in [2.05, 4.69) is 5.32 Å². The SMILES string of the molecule is C[NH+](C)C(CC(=O)Nc1cccc(Cl)c1)C(=O)[O-]. The Morgan fingerprint density at radius 1 is 1.44 bits per heavy atom. The van der Waals surface area contributed by atoms with Gasteiger partial charge in [0.2, 0.25) is 5.91 Å². The van der Waals surface area contributed by atoms with Gasteiger partial charge in [-0.05, 0) is 18.2 Å². The van der Waals surface area contributed by atoms with Gasteiger partial charge in [-0.3, -0.25) is 4.79 Å². The molecule has 0 saturated carbocycles. The quantitative estimate of drug-likeness (QED) is 0.716. The Morgan fingerprint density at radius 3 is 2.61 bits per heavy atom. The molecule has 0 aliphatic heterocycles. The summed E-state index contributed by atoms with van der Waals surface area (Å²) in [7, 11) is 3.32. The van der Waals surface area contributed by atoms with Crippen molar-refractivity contribution in [3.05, 3.63) is 29.3 Å². The lowest BCUT2D eigenvalue weighted by Crippen LogP contribution is -3.12. The smallest absolute Gasteiger partial charge is 0.230 e. The van der Waals surface area contributed by atoms with E-state index in [1.165, 1.54) is 0 Å². The van der Waals surface area contributed by atoms with Crippen molar-refractivity contribution in [2.75, 3.05) is 19.4 Å². The summed E-state index contributed by atoms with van der Waals surface area (Å²) >= 11 is 5.78. The van der Waals surface area contributed by atoms with E-state index < -0.39 is 12.0 Å². The average molecular weight is 271 g/mol. The van der Waals surface area contributed by atoms with Crippen LogP contribution >= 0.6 is 11.6 Å². The van der Waals surface area contributed by atoms with E-state index >= 15 is 0 Å². The van der Waals surface area contributed by atoms with Gasteiger partial charge in [0.1, 0.15) is 6.04 Å². The highest BCUT2D eigenvalue weighted by atomic mass is 35.5. The number of amides is 1. The first-order valence-electron chi connectivity index (χ1n) is 5.46. The third-order valence-electron chi connectivity index (χ3n) is 2.48. The van der Waals surface area contributed by atoms with Crippen molar-refractivity contribution in [3.8, 4) is 0 Å². The van der Waals surface area contributed by atoms with Crippen molar-refractivity contribution in [2.45, 2.75) is 12.5 Å². The molecular formula is C12H15ClN2O3. The molecule has 0 aliphatic carbocycles. The molecule has 0 fully saturated rings. The molecule has 1 aromatic carbocycles. The Labute approximate surface area is 110 Å². The summed E-state index contributed by atoms with van der Waals surface area (Å²) in [6.45, 7) is 0. The van der Waals surface area contributed by atoms with E-state index in [0.29, 0.717) is 15.6 Å². The second kappa shape index (κ2) is 6.37. The minimum absolute atomic E-state index is 0.142. The average Bonchev–Trinajstić information content (AvgIpc) is 2.25. The van der Waals surface area contributed by atoms with E-state index in [9.17, 15) is 14.7 Å². The van der Waals surface area contributed by atoms with E-state index in [1.54, 1.807) is 38.4 Å². The number of benzene rings is 1. The normalized spacial score (nSPS) is 12.2. The van der Waals surface area contributed by atoms with E-state index in [1.807, 2.05) is 0 Å². The number of hydrogen-bond acceptors (Lipinski definition) is 3. The van der Waals surface area contributed by atoms with Gasteiger partial charge >= 0.3 is 0 Å². The molecule has 0 aliphatic rings. The topological polar surface area (TPSA) is 73.7 Å². The fourth-order valence-electron chi connectivity index (χ4n) is 1.49. The molecule has 1 rings (SSSR count). The standard InChI is InChI=1S/C12H15ClN2O3/c1-15(2)10(12(17)18)7-11(16)14-9-5-3-4-8(13)6-9/h3-6,10H,7H2,1-2H3,(H,14,16)(H,17,18). The van der Waals surface area contributed by atoms with Crippen LogP contribution in [-0.4, -0.2) is 32.0 Å². The summed E-state index contributed by atoms with van der Waals surface area (Å²) in [5.41, 5.74) is 0.540. The number of quaternary nitrogens is 1. The first-order chi connectivity index (χ1) is 8.40. The summed E-state index contributed by atoms with van der Waals surface area (Å²) in [5.74, 6) is -1.62. The number of hydrogen-bond donors (Lipinski definition) is 2. The van der Waals surface area contributed by atoms with Gasteiger partial charge in [-0.2, -0.15) is 0 Å². The van der Waals surface area contributed by atoms with Crippen LogP contribution in [0.3, 0.4) is 0 Å². The van der Waals surface area contributed by atoms with Crippen LogP contribution in [0.5, 0.6) is 0 Å². The monoisotopic (exact) mass is 270 g/mol. The van der Waals surface area contributed by atoms with Crippen molar-refractivity contribution in [1.82, 2.24) is 0 Å². The van der Waals surface area contributed by atoms with Crippen molar-refractivity contribution in [2.24, 2.45) is 0 Å². The zero-order chi connectivity index (χ0) is 13.7. The molecule has 6 heteroatoms. The van der Waals surface area contributed by atoms with E-state index in [-0.39, 0.29) is 12.3 Å². The predicted octanol–water partition coefficient (Wildman–Crippen LogP) is -1.07. The lowest BCUT2D eigenvalue weighted by Gasteiger charge is -2.21. The zero-order valence-electron chi connectivity index (χ0n) is 10.2. The van der Waals surface area contributed by atoms with Crippen molar-refractivity contribution in [1.29, 1.82) is 0 Å². The maximum absolute atomic E-state index is 11.7. The fourth-order valence-corrected chi connectivity index (χ4v) is 1.68. The lowest BCUT2D eigenvalue weighted by atomic mass is 10.2. The molecule has 18 heavy (non-hydrogen) atoms. The first-order valence-corrected chi connectivity index (χ1v) is 5.84. The number of carbonyl (C=O) groups excluding carboxylic acids is 2. The second-order valence-corrected chi connectivity index (χ2v) is 4.65. The summed E-state index contributed by atoms with van der Waals surface area (Å²) in [4.78, 5) is 23.2. The van der Waals surface area contributed by atoms with Gasteiger partial charge in [0, 0.05) is 10.7 Å². The highest BCUT2D eigenvalue weighted by molar-refractivity contribution is 6.30. The molecule has 5 nitrogen and oxygen atoms in total. The van der Waals surface area contributed by atoms with Gasteiger partial charge in [-0.25, -0.2) is 0 Å². The number of halogens is 1. The Balaban J connectivity index is 2.63. The third kappa shape index (κ3) is 4.35. The first kappa shape index (κ1) is 14.5. The summed E-state index contributed by atoms with van der Waals surface area (Å²) in [6.07, 6.45) is -0.142. The molecule has 0 aromatic heterocycles. The maximum atomic E-state index is 11.7. The van der Waals surface area contributed by atoms with Gasteiger partial charge in [-0.15, -0.1) is 0 Å². The molecule has 1 amide bonds. The number of carboxylic acids is 1. The van der Waals surface area contributed by atoms with Crippen molar-refractivity contribution >= 4 is 29.2 Å². The number of rotatable bonds is 5. The number of aliphatic carboxylic acids is 1.